The van der Waals surface area contributed by atoms with E-state index in [1.54, 1.807) is 12.3 Å². The summed E-state index contributed by atoms with van der Waals surface area (Å²) in [5, 5.41) is 3.47. The second-order valence-corrected chi connectivity index (χ2v) is 7.36. The molecule has 2 heterocycles. The Morgan fingerprint density at radius 3 is 2.38 bits per heavy atom. The molecule has 1 aliphatic rings. The lowest BCUT2D eigenvalue weighted by Crippen LogP contribution is -2.22. The van der Waals surface area contributed by atoms with Crippen LogP contribution in [0.4, 0.5) is 5.82 Å². The molecule has 1 aliphatic heterocycles. The molecule has 148 valence electrons. The smallest absolute Gasteiger partial charge is 0.254 e. The molecule has 5 nitrogen and oxygen atoms in total. The Labute approximate surface area is 171 Å². The minimum atomic E-state index is 0.0493. The standard InChI is InChI=1S/C24H25N3O2/c1-4-27-15-22-21(24(27)28)13-14-25-23(22)26-17(3)18-7-11-20(12-8-18)29-19-9-5-16(2)6-10-19/h5-14,17H,4,15H2,1-3H3,(H,25,26). The van der Waals surface area contributed by atoms with Crippen molar-refractivity contribution in [2.75, 3.05) is 11.9 Å². The summed E-state index contributed by atoms with van der Waals surface area (Å²) >= 11 is 0. The number of amides is 1. The molecule has 0 spiro atoms. The highest BCUT2D eigenvalue weighted by Crippen LogP contribution is 2.30. The molecule has 0 saturated heterocycles. The fourth-order valence-electron chi connectivity index (χ4n) is 3.52. The number of benzene rings is 2. The predicted octanol–water partition coefficient (Wildman–Crippen LogP) is 5.33. The van der Waals surface area contributed by atoms with Crippen molar-refractivity contribution >= 4 is 11.7 Å². The number of hydrogen-bond acceptors (Lipinski definition) is 4. The van der Waals surface area contributed by atoms with Crippen molar-refractivity contribution in [2.45, 2.75) is 33.4 Å². The number of ether oxygens (including phenoxy) is 1. The van der Waals surface area contributed by atoms with E-state index in [9.17, 15) is 4.79 Å². The Hall–Kier alpha value is -3.34. The van der Waals surface area contributed by atoms with Gasteiger partial charge in [-0.25, -0.2) is 4.98 Å². The van der Waals surface area contributed by atoms with Crippen LogP contribution >= 0.6 is 0 Å². The zero-order valence-electron chi connectivity index (χ0n) is 17.0. The van der Waals surface area contributed by atoms with Crippen molar-refractivity contribution in [2.24, 2.45) is 0 Å². The van der Waals surface area contributed by atoms with E-state index < -0.39 is 0 Å². The van der Waals surface area contributed by atoms with Gasteiger partial charge in [-0.1, -0.05) is 29.8 Å². The maximum atomic E-state index is 12.4. The van der Waals surface area contributed by atoms with Gasteiger partial charge in [0.15, 0.2) is 0 Å². The number of carbonyl (C=O) groups is 1. The number of nitrogens with one attached hydrogen (secondary N) is 1. The Bertz CT molecular complexity index is 1010. The quantitative estimate of drug-likeness (QED) is 0.621. The molecule has 0 radical (unpaired) electrons. The molecule has 29 heavy (non-hydrogen) atoms. The summed E-state index contributed by atoms with van der Waals surface area (Å²) in [6.45, 7) is 7.44. The number of aromatic nitrogens is 1. The van der Waals surface area contributed by atoms with Crippen LogP contribution in [0.15, 0.2) is 60.8 Å². The van der Waals surface area contributed by atoms with Crippen LogP contribution in [-0.4, -0.2) is 22.3 Å². The van der Waals surface area contributed by atoms with Crippen molar-refractivity contribution in [1.82, 2.24) is 9.88 Å². The SMILES string of the molecule is CCN1Cc2c(ccnc2NC(C)c2ccc(Oc3ccc(C)cc3)cc2)C1=O. The molecule has 0 saturated carbocycles. The summed E-state index contributed by atoms with van der Waals surface area (Å²) in [6, 6.07) is 17.9. The monoisotopic (exact) mass is 387 g/mol. The molecular weight excluding hydrogens is 362 g/mol. The third-order valence-electron chi connectivity index (χ3n) is 5.29. The maximum Gasteiger partial charge on any atom is 0.254 e. The van der Waals surface area contributed by atoms with E-state index in [-0.39, 0.29) is 11.9 Å². The van der Waals surface area contributed by atoms with Crippen molar-refractivity contribution in [3.05, 3.63) is 83.0 Å². The lowest BCUT2D eigenvalue weighted by molar-refractivity contribution is 0.0787. The van der Waals surface area contributed by atoms with Gasteiger partial charge in [0.1, 0.15) is 17.3 Å². The number of aryl methyl sites for hydroxylation is 1. The van der Waals surface area contributed by atoms with Crippen molar-refractivity contribution in [1.29, 1.82) is 0 Å². The topological polar surface area (TPSA) is 54.5 Å². The number of rotatable bonds is 6. The summed E-state index contributed by atoms with van der Waals surface area (Å²) in [5.41, 5.74) is 4.05. The highest BCUT2D eigenvalue weighted by atomic mass is 16.5. The number of fused-ring (bicyclic) bond motifs is 1. The summed E-state index contributed by atoms with van der Waals surface area (Å²) in [5.74, 6) is 2.48. The van der Waals surface area contributed by atoms with Crippen LogP contribution in [0.2, 0.25) is 0 Å². The van der Waals surface area contributed by atoms with Gasteiger partial charge in [0, 0.05) is 29.9 Å². The molecular formula is C24H25N3O2. The van der Waals surface area contributed by atoms with Crippen LogP contribution in [-0.2, 0) is 6.54 Å². The van der Waals surface area contributed by atoms with Gasteiger partial charge in [0.2, 0.25) is 0 Å². The van der Waals surface area contributed by atoms with Crippen LogP contribution in [0.5, 0.6) is 11.5 Å². The molecule has 5 heteroatoms. The molecule has 1 unspecified atom stereocenters. The second kappa shape index (κ2) is 7.95. The number of carbonyl (C=O) groups excluding carboxylic acids is 1. The van der Waals surface area contributed by atoms with Gasteiger partial charge in [0.25, 0.3) is 5.91 Å². The van der Waals surface area contributed by atoms with Gasteiger partial charge in [-0.05, 0) is 56.7 Å². The van der Waals surface area contributed by atoms with Crippen molar-refractivity contribution in [3.63, 3.8) is 0 Å². The Morgan fingerprint density at radius 1 is 1.07 bits per heavy atom. The zero-order chi connectivity index (χ0) is 20.4. The van der Waals surface area contributed by atoms with E-state index in [0.717, 1.165) is 34.0 Å². The first kappa shape index (κ1) is 19.0. The maximum absolute atomic E-state index is 12.4. The molecule has 1 N–H and O–H groups in total. The van der Waals surface area contributed by atoms with Gasteiger partial charge in [-0.15, -0.1) is 0 Å². The molecule has 3 aromatic rings. The zero-order valence-corrected chi connectivity index (χ0v) is 17.0. The van der Waals surface area contributed by atoms with Crippen LogP contribution in [0.25, 0.3) is 0 Å². The molecule has 0 aliphatic carbocycles. The first-order chi connectivity index (χ1) is 14.0. The number of hydrogen-bond donors (Lipinski definition) is 1. The van der Waals surface area contributed by atoms with E-state index in [0.29, 0.717) is 13.1 Å². The number of anilines is 1. The predicted molar refractivity (Wildman–Crippen MR) is 114 cm³/mol. The molecule has 0 fully saturated rings. The normalized spacial score (nSPS) is 13.9. The lowest BCUT2D eigenvalue weighted by atomic mass is 10.1. The highest BCUT2D eigenvalue weighted by molar-refractivity contribution is 5.99. The van der Waals surface area contributed by atoms with E-state index in [1.165, 1.54) is 5.56 Å². The van der Waals surface area contributed by atoms with Crippen LogP contribution in [0, 0.1) is 6.92 Å². The molecule has 2 aromatic carbocycles. The summed E-state index contributed by atoms with van der Waals surface area (Å²) in [7, 11) is 0. The van der Waals surface area contributed by atoms with Gasteiger partial charge in [-0.2, -0.15) is 0 Å². The molecule has 1 atom stereocenters. The summed E-state index contributed by atoms with van der Waals surface area (Å²) in [4.78, 5) is 18.7. The molecule has 0 bridgehead atoms. The van der Waals surface area contributed by atoms with Crippen LogP contribution in [0.1, 0.15) is 46.9 Å². The first-order valence-corrected chi connectivity index (χ1v) is 9.93. The van der Waals surface area contributed by atoms with E-state index >= 15 is 0 Å². The Balaban J connectivity index is 1.47. The fourth-order valence-corrected chi connectivity index (χ4v) is 3.52. The number of pyridine rings is 1. The fraction of sp³-hybridized carbons (Fsp3) is 0.250. The van der Waals surface area contributed by atoms with E-state index in [1.807, 2.05) is 60.4 Å². The van der Waals surface area contributed by atoms with Gasteiger partial charge < -0.3 is 15.0 Å². The molecule has 4 rings (SSSR count). The number of nitrogens with zero attached hydrogens (tertiary/aromatic N) is 2. The average Bonchev–Trinajstić information content (AvgIpc) is 3.07. The van der Waals surface area contributed by atoms with Crippen LogP contribution < -0.4 is 10.1 Å². The molecule has 1 amide bonds. The van der Waals surface area contributed by atoms with E-state index in [4.69, 9.17) is 4.74 Å². The van der Waals surface area contributed by atoms with Gasteiger partial charge in [-0.3, -0.25) is 4.79 Å². The average molecular weight is 387 g/mol. The third kappa shape index (κ3) is 3.94. The largest absolute Gasteiger partial charge is 0.457 e. The highest BCUT2D eigenvalue weighted by Gasteiger charge is 2.29. The van der Waals surface area contributed by atoms with Crippen molar-refractivity contribution < 1.29 is 9.53 Å². The van der Waals surface area contributed by atoms with E-state index in [2.05, 4.69) is 24.1 Å². The third-order valence-corrected chi connectivity index (χ3v) is 5.29. The van der Waals surface area contributed by atoms with Gasteiger partial charge >= 0.3 is 0 Å². The molecule has 1 aromatic heterocycles. The minimum absolute atomic E-state index is 0.0493. The first-order valence-electron chi connectivity index (χ1n) is 9.93. The van der Waals surface area contributed by atoms with Gasteiger partial charge in [0.05, 0.1) is 6.54 Å². The lowest BCUT2D eigenvalue weighted by Gasteiger charge is -2.18. The summed E-state index contributed by atoms with van der Waals surface area (Å²) in [6.07, 6.45) is 1.70. The minimum Gasteiger partial charge on any atom is -0.457 e. The van der Waals surface area contributed by atoms with Crippen LogP contribution in [0.3, 0.4) is 0 Å². The second-order valence-electron chi connectivity index (χ2n) is 7.36. The Kier molecular flexibility index (Phi) is 5.21. The Morgan fingerprint density at radius 2 is 1.72 bits per heavy atom. The van der Waals surface area contributed by atoms with Crippen molar-refractivity contribution in [3.8, 4) is 11.5 Å². The summed E-state index contributed by atoms with van der Waals surface area (Å²) < 4.78 is 5.91.